The van der Waals surface area contributed by atoms with Crippen LogP contribution in [0.5, 0.6) is 11.5 Å². The fourth-order valence-corrected chi connectivity index (χ4v) is 6.04. The Morgan fingerprint density at radius 2 is 1.38 bits per heavy atom. The van der Waals surface area contributed by atoms with E-state index in [0.29, 0.717) is 32.8 Å². The van der Waals surface area contributed by atoms with Crippen molar-refractivity contribution in [1.82, 2.24) is 0 Å². The molecule has 262 valence electrons. The Morgan fingerprint density at radius 3 is 1.96 bits per heavy atom. The highest BCUT2D eigenvalue weighted by Crippen LogP contribution is 2.45. The lowest BCUT2D eigenvalue weighted by Crippen LogP contribution is -2.65. The number of aliphatic hydroxyl groups excluding tert-OH is 2. The average molecular weight is 665 g/mol. The first kappa shape index (κ1) is 37.5. The second-order valence-electron chi connectivity index (χ2n) is 12.8. The Labute approximate surface area is 285 Å². The molecule has 1 unspecified atom stereocenters. The minimum absolute atomic E-state index is 0.213. The molecule has 48 heavy (non-hydrogen) atoms. The third-order valence-corrected chi connectivity index (χ3v) is 8.98. The van der Waals surface area contributed by atoms with Crippen molar-refractivity contribution in [2.75, 3.05) is 27.9 Å². The topological polar surface area (TPSA) is 105 Å². The number of aliphatic hydroxyl groups is 2. The molecule has 1 saturated heterocycles. The van der Waals surface area contributed by atoms with E-state index in [1.54, 1.807) is 14.2 Å². The van der Waals surface area contributed by atoms with Crippen molar-refractivity contribution >= 4 is 0 Å². The third-order valence-electron chi connectivity index (χ3n) is 8.98. The normalized spacial score (nSPS) is 22.8. The lowest BCUT2D eigenvalue weighted by Gasteiger charge is -2.53. The van der Waals surface area contributed by atoms with Crippen LogP contribution < -0.4 is 9.47 Å². The van der Waals surface area contributed by atoms with Crippen LogP contribution in [-0.2, 0) is 43.5 Å². The minimum atomic E-state index is -1.53. The number of hydrogen-bond donors (Lipinski definition) is 2. The Morgan fingerprint density at radius 1 is 0.812 bits per heavy atom. The van der Waals surface area contributed by atoms with Crippen molar-refractivity contribution in [2.24, 2.45) is 5.41 Å². The number of methoxy groups -OCH3 is 3. The Hall–Kier alpha value is -3.28. The van der Waals surface area contributed by atoms with E-state index in [0.717, 1.165) is 28.2 Å². The zero-order chi connectivity index (χ0) is 34.6. The summed E-state index contributed by atoms with van der Waals surface area (Å²) in [5.41, 5.74) is 2.23. The molecule has 1 heterocycles. The smallest absolute Gasteiger partial charge is 0.205 e. The van der Waals surface area contributed by atoms with E-state index in [-0.39, 0.29) is 18.6 Å². The van der Waals surface area contributed by atoms with Gasteiger partial charge in [0, 0.05) is 25.4 Å². The third kappa shape index (κ3) is 9.89. The van der Waals surface area contributed by atoms with Crippen LogP contribution in [0, 0.1) is 5.41 Å². The molecule has 0 saturated carbocycles. The summed E-state index contributed by atoms with van der Waals surface area (Å²) in [6, 6.07) is 25.4. The van der Waals surface area contributed by atoms with Crippen LogP contribution in [-0.4, -0.2) is 74.5 Å². The molecule has 9 heteroatoms. The van der Waals surface area contributed by atoms with Crippen LogP contribution in [0.3, 0.4) is 0 Å². The summed E-state index contributed by atoms with van der Waals surface area (Å²) in [5.74, 6) is 0.0340. The molecule has 0 aliphatic carbocycles. The molecular formula is C39H52O9. The lowest BCUT2D eigenvalue weighted by atomic mass is 9.75. The quantitative estimate of drug-likeness (QED) is 0.121. The van der Waals surface area contributed by atoms with Gasteiger partial charge in [-0.15, -0.1) is 0 Å². The van der Waals surface area contributed by atoms with Gasteiger partial charge >= 0.3 is 0 Å². The first-order valence-corrected chi connectivity index (χ1v) is 16.5. The molecule has 3 aromatic rings. The summed E-state index contributed by atoms with van der Waals surface area (Å²) in [6.07, 6.45) is 0.867. The van der Waals surface area contributed by atoms with Gasteiger partial charge in [0.15, 0.2) is 0 Å². The number of ether oxygens (including phenoxy) is 7. The van der Waals surface area contributed by atoms with Gasteiger partial charge in [0.1, 0.15) is 17.6 Å². The van der Waals surface area contributed by atoms with E-state index in [1.807, 2.05) is 112 Å². The molecule has 2 N–H and O–H groups in total. The van der Waals surface area contributed by atoms with Crippen molar-refractivity contribution in [2.45, 2.75) is 89.7 Å². The molecule has 0 radical (unpaired) electrons. The lowest BCUT2D eigenvalue weighted by molar-refractivity contribution is -0.367. The molecule has 6 atom stereocenters. The van der Waals surface area contributed by atoms with E-state index in [9.17, 15) is 10.2 Å². The average Bonchev–Trinajstić information content (AvgIpc) is 3.11. The summed E-state index contributed by atoms with van der Waals surface area (Å²) >= 11 is 0. The van der Waals surface area contributed by atoms with Crippen LogP contribution in [0.1, 0.15) is 50.3 Å². The SMILES string of the molecule is COc1ccc(COC/C=C/C(C)(C)[C@]2(OC)O[C@H](CC(OCc3ccc(OC)cc3)[C@@H](C)OCc3ccccc3)C[C@H](O)[C@@H]2O)cc1. The van der Waals surface area contributed by atoms with E-state index in [4.69, 9.17) is 33.2 Å². The molecule has 3 aromatic carbocycles. The second kappa shape index (κ2) is 17.9. The Balaban J connectivity index is 1.45. The molecule has 0 aromatic heterocycles. The van der Waals surface area contributed by atoms with Crippen molar-refractivity contribution < 1.29 is 43.4 Å². The highest BCUT2D eigenvalue weighted by molar-refractivity contribution is 5.27. The van der Waals surface area contributed by atoms with Crippen molar-refractivity contribution in [3.8, 4) is 11.5 Å². The van der Waals surface area contributed by atoms with E-state index in [2.05, 4.69) is 0 Å². The van der Waals surface area contributed by atoms with Crippen molar-refractivity contribution in [3.05, 3.63) is 108 Å². The maximum Gasteiger partial charge on any atom is 0.205 e. The molecule has 0 bridgehead atoms. The molecule has 9 nitrogen and oxygen atoms in total. The second-order valence-corrected chi connectivity index (χ2v) is 12.8. The maximum absolute atomic E-state index is 11.3. The molecule has 0 spiro atoms. The van der Waals surface area contributed by atoms with Crippen LogP contribution >= 0.6 is 0 Å². The summed E-state index contributed by atoms with van der Waals surface area (Å²) in [6.45, 7) is 7.37. The Kier molecular flexibility index (Phi) is 14.0. The summed E-state index contributed by atoms with van der Waals surface area (Å²) in [5, 5.41) is 22.5. The Bertz CT molecular complexity index is 1380. The molecule has 1 fully saturated rings. The molecular weight excluding hydrogens is 612 g/mol. The maximum atomic E-state index is 11.3. The van der Waals surface area contributed by atoms with Gasteiger partial charge in [-0.05, 0) is 47.9 Å². The van der Waals surface area contributed by atoms with E-state index >= 15 is 0 Å². The predicted octanol–water partition coefficient (Wildman–Crippen LogP) is 6.24. The van der Waals surface area contributed by atoms with E-state index in [1.165, 1.54) is 7.11 Å². The van der Waals surface area contributed by atoms with Gasteiger partial charge in [0.25, 0.3) is 0 Å². The summed E-state index contributed by atoms with van der Waals surface area (Å²) in [7, 11) is 4.77. The van der Waals surface area contributed by atoms with Crippen molar-refractivity contribution in [3.63, 3.8) is 0 Å². The number of hydrogen-bond acceptors (Lipinski definition) is 9. The van der Waals surface area contributed by atoms with Gasteiger partial charge < -0.3 is 43.4 Å². The van der Waals surface area contributed by atoms with Gasteiger partial charge in [-0.3, -0.25) is 0 Å². The first-order chi connectivity index (χ1) is 23.1. The fourth-order valence-electron chi connectivity index (χ4n) is 6.04. The molecule has 1 aliphatic rings. The van der Waals surface area contributed by atoms with Crippen LogP contribution in [0.25, 0.3) is 0 Å². The molecule has 1 aliphatic heterocycles. The standard InChI is InChI=1S/C39H52O9/c1-28(46-26-29-11-8-7-9-12-29)36(47-27-31-15-19-33(43-5)20-16-31)24-34-23-35(40)37(41)39(44-6,48-34)38(2,3)21-10-22-45-25-30-13-17-32(42-4)18-14-30/h7-21,28,34-37,40-41H,22-27H2,1-6H3/b21-10+/t28-,34+,35+,36?,37+,39-/m1/s1. The summed E-state index contributed by atoms with van der Waals surface area (Å²) < 4.78 is 41.8. The zero-order valence-corrected chi connectivity index (χ0v) is 29.0. The summed E-state index contributed by atoms with van der Waals surface area (Å²) in [4.78, 5) is 0. The number of rotatable bonds is 18. The van der Waals surface area contributed by atoms with Gasteiger partial charge in [-0.25, -0.2) is 0 Å². The van der Waals surface area contributed by atoms with Gasteiger partial charge in [0.05, 0.1) is 65.1 Å². The van der Waals surface area contributed by atoms with Gasteiger partial charge in [0.2, 0.25) is 5.79 Å². The fraction of sp³-hybridized carbons (Fsp3) is 0.487. The highest BCUT2D eigenvalue weighted by atomic mass is 16.7. The predicted molar refractivity (Wildman–Crippen MR) is 184 cm³/mol. The zero-order valence-electron chi connectivity index (χ0n) is 29.0. The van der Waals surface area contributed by atoms with Gasteiger partial charge in [-0.2, -0.15) is 0 Å². The van der Waals surface area contributed by atoms with Gasteiger partial charge in [-0.1, -0.05) is 80.6 Å². The molecule has 4 rings (SSSR count). The number of benzene rings is 3. The minimum Gasteiger partial charge on any atom is -0.497 e. The van der Waals surface area contributed by atoms with Crippen molar-refractivity contribution in [1.29, 1.82) is 0 Å². The highest BCUT2D eigenvalue weighted by Gasteiger charge is 2.58. The van der Waals surface area contributed by atoms with Crippen LogP contribution in [0.15, 0.2) is 91.0 Å². The first-order valence-electron chi connectivity index (χ1n) is 16.5. The van der Waals surface area contributed by atoms with E-state index < -0.39 is 29.5 Å². The monoisotopic (exact) mass is 664 g/mol. The van der Waals surface area contributed by atoms with Crippen LogP contribution in [0.4, 0.5) is 0 Å². The van der Waals surface area contributed by atoms with Crippen LogP contribution in [0.2, 0.25) is 0 Å². The molecule has 0 amide bonds. The largest absolute Gasteiger partial charge is 0.497 e.